The Hall–Kier alpha value is -1.63. The van der Waals surface area contributed by atoms with Gasteiger partial charge in [0.2, 0.25) is 0 Å². The van der Waals surface area contributed by atoms with Crippen LogP contribution in [0, 0.1) is 6.92 Å². The van der Waals surface area contributed by atoms with Crippen LogP contribution in [-0.4, -0.2) is 17.3 Å². The lowest BCUT2D eigenvalue weighted by atomic mass is 10.2. The van der Waals surface area contributed by atoms with Crippen molar-refractivity contribution < 1.29 is 9.53 Å². The van der Waals surface area contributed by atoms with Gasteiger partial charge in [0.25, 0.3) is 5.91 Å². The van der Waals surface area contributed by atoms with Crippen LogP contribution in [0.3, 0.4) is 0 Å². The van der Waals surface area contributed by atoms with Crippen LogP contribution in [0.1, 0.15) is 10.4 Å². The van der Waals surface area contributed by atoms with Crippen LogP contribution >= 0.6 is 35.3 Å². The zero-order chi connectivity index (χ0) is 15.7. The van der Waals surface area contributed by atoms with E-state index in [0.717, 1.165) is 16.3 Å². The Labute approximate surface area is 142 Å². The molecule has 2 aromatic rings. The second-order valence-corrected chi connectivity index (χ2v) is 7.31. The minimum Gasteiger partial charge on any atom is -0.497 e. The smallest absolute Gasteiger partial charge is 0.270 e. The van der Waals surface area contributed by atoms with E-state index in [1.165, 1.54) is 17.3 Å². The molecule has 2 heterocycles. The maximum Gasteiger partial charge on any atom is 0.270 e. The van der Waals surface area contributed by atoms with Gasteiger partial charge in [0, 0.05) is 4.88 Å². The molecule has 112 valence electrons. The molecule has 0 radical (unpaired) electrons. The number of ether oxygens (including phenoxy) is 1. The van der Waals surface area contributed by atoms with Gasteiger partial charge in [0.05, 0.1) is 17.7 Å². The molecule has 1 saturated heterocycles. The summed E-state index contributed by atoms with van der Waals surface area (Å²) in [5.41, 5.74) is 1.93. The Morgan fingerprint density at radius 3 is 2.55 bits per heavy atom. The molecule has 3 rings (SSSR count). The number of methoxy groups -OCH3 is 1. The van der Waals surface area contributed by atoms with E-state index in [-0.39, 0.29) is 5.91 Å². The monoisotopic (exact) mass is 347 g/mol. The molecule has 1 amide bonds. The van der Waals surface area contributed by atoms with E-state index in [1.807, 2.05) is 48.7 Å². The number of thiophene rings is 1. The van der Waals surface area contributed by atoms with Gasteiger partial charge in [-0.05, 0) is 54.3 Å². The lowest BCUT2D eigenvalue weighted by molar-refractivity contribution is -0.113. The highest BCUT2D eigenvalue weighted by Gasteiger charge is 2.33. The summed E-state index contributed by atoms with van der Waals surface area (Å²) in [6.45, 7) is 2.03. The summed E-state index contributed by atoms with van der Waals surface area (Å²) in [5.74, 6) is 0.673. The standard InChI is InChI=1S/C16H13NO2S3/c1-10-7-8-21-13(10)9-14-15(18)17(16(20)22-14)11-3-5-12(19-2)6-4-11/h3-9H,1-2H3. The molecule has 0 unspecified atom stereocenters. The highest BCUT2D eigenvalue weighted by atomic mass is 32.2. The van der Waals surface area contributed by atoms with Gasteiger partial charge in [0.1, 0.15) is 5.75 Å². The van der Waals surface area contributed by atoms with E-state index in [4.69, 9.17) is 17.0 Å². The summed E-state index contributed by atoms with van der Waals surface area (Å²) in [5, 5.41) is 2.02. The average molecular weight is 347 g/mol. The SMILES string of the molecule is COc1ccc(N2C(=O)C(=Cc3sccc3C)SC2=S)cc1. The second-order valence-electron chi connectivity index (χ2n) is 4.68. The highest BCUT2D eigenvalue weighted by molar-refractivity contribution is 8.27. The molecule has 1 aliphatic rings. The van der Waals surface area contributed by atoms with Gasteiger partial charge in [-0.15, -0.1) is 11.3 Å². The number of thiocarbonyl (C=S) groups is 1. The molecule has 1 aliphatic heterocycles. The molecular weight excluding hydrogens is 334 g/mol. The lowest BCUT2D eigenvalue weighted by Crippen LogP contribution is -2.27. The van der Waals surface area contributed by atoms with Gasteiger partial charge < -0.3 is 4.74 Å². The predicted molar refractivity (Wildman–Crippen MR) is 97.7 cm³/mol. The number of hydrogen-bond donors (Lipinski definition) is 0. The number of aryl methyl sites for hydroxylation is 1. The summed E-state index contributed by atoms with van der Waals surface area (Å²) in [6, 6.07) is 9.36. The summed E-state index contributed by atoms with van der Waals surface area (Å²) in [6.07, 6.45) is 1.92. The van der Waals surface area contributed by atoms with Crippen molar-refractivity contribution in [3.8, 4) is 5.75 Å². The first-order chi connectivity index (χ1) is 10.6. The van der Waals surface area contributed by atoms with Gasteiger partial charge in [-0.3, -0.25) is 9.69 Å². The Morgan fingerprint density at radius 1 is 1.23 bits per heavy atom. The highest BCUT2D eigenvalue weighted by Crippen LogP contribution is 2.37. The number of amides is 1. The van der Waals surface area contributed by atoms with Crippen molar-refractivity contribution in [1.82, 2.24) is 0 Å². The Bertz CT molecular complexity index is 762. The number of carbonyl (C=O) groups is 1. The van der Waals surface area contributed by atoms with Crippen molar-refractivity contribution in [2.75, 3.05) is 12.0 Å². The van der Waals surface area contributed by atoms with Gasteiger partial charge >= 0.3 is 0 Å². The predicted octanol–water partition coefficient (Wildman–Crippen LogP) is 4.47. The Balaban J connectivity index is 1.91. The quantitative estimate of drug-likeness (QED) is 0.605. The van der Waals surface area contributed by atoms with Gasteiger partial charge in [-0.1, -0.05) is 24.0 Å². The van der Waals surface area contributed by atoms with E-state index < -0.39 is 0 Å². The van der Waals surface area contributed by atoms with Gasteiger partial charge in [-0.25, -0.2) is 0 Å². The van der Waals surface area contributed by atoms with E-state index >= 15 is 0 Å². The van der Waals surface area contributed by atoms with Crippen LogP contribution < -0.4 is 9.64 Å². The number of anilines is 1. The van der Waals surface area contributed by atoms with Crippen molar-refractivity contribution in [2.24, 2.45) is 0 Å². The maximum atomic E-state index is 12.6. The molecule has 0 aliphatic carbocycles. The fraction of sp³-hybridized carbons (Fsp3) is 0.125. The van der Waals surface area contributed by atoms with Crippen LogP contribution in [0.5, 0.6) is 5.75 Å². The fourth-order valence-corrected chi connectivity index (χ4v) is 4.29. The van der Waals surface area contributed by atoms with Gasteiger partial charge in [0.15, 0.2) is 4.32 Å². The first-order valence-corrected chi connectivity index (χ1v) is 8.66. The van der Waals surface area contributed by atoms with E-state index in [0.29, 0.717) is 9.23 Å². The molecule has 0 bridgehead atoms. The van der Waals surface area contributed by atoms with Crippen molar-refractivity contribution >= 4 is 57.3 Å². The maximum absolute atomic E-state index is 12.6. The zero-order valence-electron chi connectivity index (χ0n) is 12.0. The van der Waals surface area contributed by atoms with Crippen LogP contribution in [0.4, 0.5) is 5.69 Å². The van der Waals surface area contributed by atoms with Crippen LogP contribution in [0.15, 0.2) is 40.6 Å². The fourth-order valence-electron chi connectivity index (χ4n) is 2.07. The molecule has 0 spiro atoms. The van der Waals surface area contributed by atoms with E-state index in [1.54, 1.807) is 23.3 Å². The molecule has 6 heteroatoms. The Kier molecular flexibility index (Phi) is 4.33. The van der Waals surface area contributed by atoms with Crippen molar-refractivity contribution in [2.45, 2.75) is 6.92 Å². The molecule has 1 aromatic carbocycles. The molecule has 0 N–H and O–H groups in total. The number of benzene rings is 1. The largest absolute Gasteiger partial charge is 0.497 e. The van der Waals surface area contributed by atoms with Crippen molar-refractivity contribution in [3.05, 3.63) is 51.1 Å². The number of thioether (sulfide) groups is 1. The molecule has 1 aromatic heterocycles. The summed E-state index contributed by atoms with van der Waals surface area (Å²) >= 11 is 8.32. The first-order valence-electron chi connectivity index (χ1n) is 6.56. The number of carbonyl (C=O) groups excluding carboxylic acids is 1. The summed E-state index contributed by atoms with van der Waals surface area (Å²) in [4.78, 5) is 15.9. The molecule has 1 fully saturated rings. The minimum absolute atomic E-state index is 0.0760. The lowest BCUT2D eigenvalue weighted by Gasteiger charge is -2.14. The zero-order valence-corrected chi connectivity index (χ0v) is 14.5. The van der Waals surface area contributed by atoms with Crippen molar-refractivity contribution in [3.63, 3.8) is 0 Å². The third-order valence-electron chi connectivity index (χ3n) is 3.29. The third-order valence-corrected chi connectivity index (χ3v) is 5.56. The minimum atomic E-state index is -0.0760. The third kappa shape index (κ3) is 2.82. The molecule has 0 atom stereocenters. The molecule has 3 nitrogen and oxygen atoms in total. The first kappa shape index (κ1) is 15.3. The summed E-state index contributed by atoms with van der Waals surface area (Å²) in [7, 11) is 1.61. The molecule has 0 saturated carbocycles. The molecule has 22 heavy (non-hydrogen) atoms. The van der Waals surface area contributed by atoms with Crippen LogP contribution in [-0.2, 0) is 4.79 Å². The number of hydrogen-bond acceptors (Lipinski definition) is 5. The van der Waals surface area contributed by atoms with Crippen LogP contribution in [0.2, 0.25) is 0 Å². The second kappa shape index (κ2) is 6.24. The number of rotatable bonds is 3. The number of nitrogens with zero attached hydrogens (tertiary/aromatic N) is 1. The van der Waals surface area contributed by atoms with E-state index in [9.17, 15) is 4.79 Å². The van der Waals surface area contributed by atoms with Crippen LogP contribution in [0.25, 0.3) is 6.08 Å². The molecular formula is C16H13NO2S3. The average Bonchev–Trinajstić information content (AvgIpc) is 3.04. The van der Waals surface area contributed by atoms with Crippen molar-refractivity contribution in [1.29, 1.82) is 0 Å². The normalized spacial score (nSPS) is 16.6. The topological polar surface area (TPSA) is 29.5 Å². The van der Waals surface area contributed by atoms with E-state index in [2.05, 4.69) is 0 Å². The Morgan fingerprint density at radius 2 is 1.95 bits per heavy atom. The summed E-state index contributed by atoms with van der Waals surface area (Å²) < 4.78 is 5.69. The van der Waals surface area contributed by atoms with Gasteiger partial charge in [-0.2, -0.15) is 0 Å².